The first-order valence-electron chi connectivity index (χ1n) is 8.93. The Labute approximate surface area is 160 Å². The number of likely N-dealkylation sites (N-methyl/N-ethyl adjacent to an activating group) is 1. The van der Waals surface area contributed by atoms with Crippen molar-refractivity contribution in [3.63, 3.8) is 0 Å². The molecule has 27 heavy (non-hydrogen) atoms. The lowest BCUT2D eigenvalue weighted by Crippen LogP contribution is -2.35. The van der Waals surface area contributed by atoms with Crippen LogP contribution in [0.25, 0.3) is 0 Å². The largest absolute Gasteiger partial charge is 0.484 e. The van der Waals surface area contributed by atoms with Crippen LogP contribution in [-0.2, 0) is 4.79 Å². The molecule has 0 aliphatic carbocycles. The van der Waals surface area contributed by atoms with E-state index >= 15 is 0 Å². The summed E-state index contributed by atoms with van der Waals surface area (Å²) in [6.07, 6.45) is 0. The average molecular weight is 369 g/mol. The SMILES string of the molecule is C=C(C)CN(CC)C(=O)COc1ccc(C(=O)Nn2c(C)ccc2C)cc1. The number of aryl methyl sites for hydroxylation is 2. The highest BCUT2D eigenvalue weighted by Crippen LogP contribution is 2.13. The molecule has 6 nitrogen and oxygen atoms in total. The first-order valence-corrected chi connectivity index (χ1v) is 8.93. The number of rotatable bonds is 8. The van der Waals surface area contributed by atoms with Gasteiger partial charge in [0.2, 0.25) is 0 Å². The Bertz CT molecular complexity index is 802. The van der Waals surface area contributed by atoms with Crippen LogP contribution in [0.1, 0.15) is 35.6 Å². The number of carbonyl (C=O) groups excluding carboxylic acids is 2. The van der Waals surface area contributed by atoms with Crippen molar-refractivity contribution in [2.75, 3.05) is 25.1 Å². The molecular formula is C21H27N3O3. The molecule has 1 N–H and O–H groups in total. The van der Waals surface area contributed by atoms with Crippen molar-refractivity contribution in [1.29, 1.82) is 0 Å². The minimum Gasteiger partial charge on any atom is -0.484 e. The molecule has 6 heteroatoms. The molecule has 1 aromatic carbocycles. The molecule has 0 radical (unpaired) electrons. The highest BCUT2D eigenvalue weighted by atomic mass is 16.5. The van der Waals surface area contributed by atoms with Crippen molar-refractivity contribution >= 4 is 11.8 Å². The van der Waals surface area contributed by atoms with E-state index in [0.29, 0.717) is 24.4 Å². The molecular weight excluding hydrogens is 342 g/mol. The number of benzene rings is 1. The maximum absolute atomic E-state index is 12.4. The second kappa shape index (κ2) is 9.07. The van der Waals surface area contributed by atoms with Crippen molar-refractivity contribution in [2.24, 2.45) is 0 Å². The molecule has 2 amide bonds. The number of nitrogens with one attached hydrogen (secondary N) is 1. The third-order valence-corrected chi connectivity index (χ3v) is 4.16. The van der Waals surface area contributed by atoms with E-state index in [2.05, 4.69) is 12.0 Å². The Kier molecular flexibility index (Phi) is 6.82. The Morgan fingerprint density at radius 1 is 1.11 bits per heavy atom. The molecule has 144 valence electrons. The Hall–Kier alpha value is -3.02. The van der Waals surface area contributed by atoms with Gasteiger partial charge in [0.1, 0.15) is 5.75 Å². The number of aromatic nitrogens is 1. The van der Waals surface area contributed by atoms with Gasteiger partial charge in [-0.3, -0.25) is 19.7 Å². The van der Waals surface area contributed by atoms with Crippen molar-refractivity contribution in [3.05, 3.63) is 65.5 Å². The number of hydrogen-bond acceptors (Lipinski definition) is 3. The van der Waals surface area contributed by atoms with Gasteiger partial charge in [-0.1, -0.05) is 12.2 Å². The molecule has 0 spiro atoms. The van der Waals surface area contributed by atoms with Crippen LogP contribution < -0.4 is 10.2 Å². The van der Waals surface area contributed by atoms with Gasteiger partial charge in [-0.05, 0) is 64.1 Å². The fraction of sp³-hybridized carbons (Fsp3) is 0.333. The molecule has 0 aliphatic rings. The van der Waals surface area contributed by atoms with Crippen LogP contribution in [0.15, 0.2) is 48.6 Å². The third kappa shape index (κ3) is 5.48. The summed E-state index contributed by atoms with van der Waals surface area (Å²) in [5.74, 6) is 0.235. The van der Waals surface area contributed by atoms with Gasteiger partial charge in [-0.2, -0.15) is 0 Å². The summed E-state index contributed by atoms with van der Waals surface area (Å²) >= 11 is 0. The van der Waals surface area contributed by atoms with E-state index in [1.54, 1.807) is 33.8 Å². The zero-order valence-corrected chi connectivity index (χ0v) is 16.4. The van der Waals surface area contributed by atoms with Crippen LogP contribution in [0.2, 0.25) is 0 Å². The second-order valence-corrected chi connectivity index (χ2v) is 6.57. The lowest BCUT2D eigenvalue weighted by atomic mass is 10.2. The summed E-state index contributed by atoms with van der Waals surface area (Å²) in [5.41, 5.74) is 6.20. The number of amides is 2. The lowest BCUT2D eigenvalue weighted by Gasteiger charge is -2.21. The Balaban J connectivity index is 1.94. The highest BCUT2D eigenvalue weighted by molar-refractivity contribution is 6.00. The first kappa shape index (κ1) is 20.3. The third-order valence-electron chi connectivity index (χ3n) is 4.16. The molecule has 0 saturated carbocycles. The molecule has 2 rings (SSSR count). The van der Waals surface area contributed by atoms with Crippen molar-refractivity contribution < 1.29 is 14.3 Å². The molecule has 2 aromatic rings. The Morgan fingerprint density at radius 2 is 1.70 bits per heavy atom. The molecule has 0 bridgehead atoms. The summed E-state index contributed by atoms with van der Waals surface area (Å²) in [5, 5.41) is 0. The molecule has 0 aliphatic heterocycles. The molecule has 0 fully saturated rings. The van der Waals surface area contributed by atoms with E-state index in [9.17, 15) is 9.59 Å². The highest BCUT2D eigenvalue weighted by Gasteiger charge is 2.13. The van der Waals surface area contributed by atoms with E-state index in [-0.39, 0.29) is 18.4 Å². The van der Waals surface area contributed by atoms with Crippen LogP contribution in [0.4, 0.5) is 0 Å². The summed E-state index contributed by atoms with van der Waals surface area (Å²) < 4.78 is 7.30. The van der Waals surface area contributed by atoms with E-state index in [1.165, 1.54) is 0 Å². The molecule has 0 atom stereocenters. The van der Waals surface area contributed by atoms with E-state index in [4.69, 9.17) is 4.74 Å². The van der Waals surface area contributed by atoms with Crippen LogP contribution >= 0.6 is 0 Å². The fourth-order valence-electron chi connectivity index (χ4n) is 2.65. The average Bonchev–Trinajstić information content (AvgIpc) is 2.96. The van der Waals surface area contributed by atoms with Gasteiger partial charge >= 0.3 is 0 Å². The number of carbonyl (C=O) groups is 2. The minimum absolute atomic E-state index is 0.0472. The van der Waals surface area contributed by atoms with Crippen molar-refractivity contribution in [2.45, 2.75) is 27.7 Å². The summed E-state index contributed by atoms with van der Waals surface area (Å²) in [6, 6.07) is 10.6. The van der Waals surface area contributed by atoms with Crippen LogP contribution in [0, 0.1) is 13.8 Å². The molecule has 1 heterocycles. The second-order valence-electron chi connectivity index (χ2n) is 6.57. The van der Waals surface area contributed by atoms with E-state index in [0.717, 1.165) is 17.0 Å². The van der Waals surface area contributed by atoms with E-state index in [1.807, 2.05) is 39.8 Å². The summed E-state index contributed by atoms with van der Waals surface area (Å²) in [6.45, 7) is 12.6. The maximum Gasteiger partial charge on any atom is 0.270 e. The quantitative estimate of drug-likeness (QED) is 0.726. The van der Waals surface area contributed by atoms with Gasteiger partial charge in [0.15, 0.2) is 6.61 Å². The minimum atomic E-state index is -0.210. The van der Waals surface area contributed by atoms with Gasteiger partial charge in [0.05, 0.1) is 0 Å². The standard InChI is InChI=1S/C21H27N3O3/c1-6-23(13-15(2)3)20(25)14-27-19-11-9-18(10-12-19)21(26)22-24-16(4)7-8-17(24)5/h7-12H,2,6,13-14H2,1,3-5H3,(H,22,26). The fourth-order valence-corrected chi connectivity index (χ4v) is 2.65. The predicted molar refractivity (Wildman–Crippen MR) is 107 cm³/mol. The zero-order chi connectivity index (χ0) is 20.0. The van der Waals surface area contributed by atoms with Gasteiger partial charge in [0.25, 0.3) is 11.8 Å². The summed E-state index contributed by atoms with van der Waals surface area (Å²) in [4.78, 5) is 26.3. The van der Waals surface area contributed by atoms with Crippen LogP contribution in [0.3, 0.4) is 0 Å². The first-order chi connectivity index (χ1) is 12.8. The zero-order valence-electron chi connectivity index (χ0n) is 16.4. The summed E-state index contributed by atoms with van der Waals surface area (Å²) in [7, 11) is 0. The van der Waals surface area contributed by atoms with Gasteiger partial charge in [-0.15, -0.1) is 0 Å². The smallest absolute Gasteiger partial charge is 0.270 e. The van der Waals surface area contributed by atoms with Crippen molar-refractivity contribution in [3.8, 4) is 5.75 Å². The topological polar surface area (TPSA) is 63.6 Å². The number of ether oxygens (including phenoxy) is 1. The molecule has 1 aromatic heterocycles. The maximum atomic E-state index is 12.4. The molecule has 0 saturated heterocycles. The van der Waals surface area contributed by atoms with Gasteiger partial charge < -0.3 is 9.64 Å². The van der Waals surface area contributed by atoms with Crippen molar-refractivity contribution in [1.82, 2.24) is 9.58 Å². The van der Waals surface area contributed by atoms with Crippen LogP contribution in [0.5, 0.6) is 5.75 Å². The number of hydrogen-bond donors (Lipinski definition) is 1. The van der Waals surface area contributed by atoms with Gasteiger partial charge in [-0.25, -0.2) is 0 Å². The van der Waals surface area contributed by atoms with Crippen LogP contribution in [-0.4, -0.2) is 41.1 Å². The Morgan fingerprint density at radius 3 is 2.22 bits per heavy atom. The van der Waals surface area contributed by atoms with Gasteiger partial charge in [0, 0.05) is 30.0 Å². The number of nitrogens with zero attached hydrogens (tertiary/aromatic N) is 2. The monoisotopic (exact) mass is 369 g/mol. The lowest BCUT2D eigenvalue weighted by molar-refractivity contribution is -0.132. The molecule has 0 unspecified atom stereocenters. The predicted octanol–water partition coefficient (Wildman–Crippen LogP) is 3.29. The van der Waals surface area contributed by atoms with E-state index < -0.39 is 0 Å². The normalized spacial score (nSPS) is 10.4.